The van der Waals surface area contributed by atoms with Crippen LogP contribution < -0.4 is 0 Å². The minimum absolute atomic E-state index is 0.318. The minimum Gasteiger partial charge on any atom is -0.465 e. The van der Waals surface area contributed by atoms with Gasteiger partial charge in [0.25, 0.3) is 0 Å². The highest BCUT2D eigenvalue weighted by molar-refractivity contribution is 9.10. The number of ether oxygens (including phenoxy) is 1. The molecule has 15 heavy (non-hydrogen) atoms. The molecular formula is C11H10BrNO2. The van der Waals surface area contributed by atoms with E-state index in [1.807, 2.05) is 25.3 Å². The van der Waals surface area contributed by atoms with Gasteiger partial charge in [-0.25, -0.2) is 4.79 Å². The van der Waals surface area contributed by atoms with Gasteiger partial charge in [-0.2, -0.15) is 0 Å². The second kappa shape index (κ2) is 3.70. The zero-order valence-corrected chi connectivity index (χ0v) is 10.0. The molecule has 4 heteroatoms. The number of carbonyl (C=O) groups excluding carboxylic acids is 1. The Labute approximate surface area is 95.6 Å². The third-order valence-electron chi connectivity index (χ3n) is 2.43. The van der Waals surface area contributed by atoms with Gasteiger partial charge in [0.15, 0.2) is 0 Å². The standard InChI is InChI=1S/C11H10BrNO2/c1-6-8(12)5-7-3-4-13-10(7)9(6)11(14)15-2/h3-5,13H,1-2H3. The Morgan fingerprint density at radius 1 is 1.53 bits per heavy atom. The van der Waals surface area contributed by atoms with Gasteiger partial charge < -0.3 is 9.72 Å². The summed E-state index contributed by atoms with van der Waals surface area (Å²) in [4.78, 5) is 14.7. The van der Waals surface area contributed by atoms with Gasteiger partial charge >= 0.3 is 5.97 Å². The molecule has 0 fully saturated rings. The van der Waals surface area contributed by atoms with Crippen molar-refractivity contribution in [3.63, 3.8) is 0 Å². The fourth-order valence-corrected chi connectivity index (χ4v) is 2.07. The van der Waals surface area contributed by atoms with Crippen molar-refractivity contribution in [2.45, 2.75) is 6.92 Å². The number of aromatic nitrogens is 1. The summed E-state index contributed by atoms with van der Waals surface area (Å²) in [5.74, 6) is -0.318. The average Bonchev–Trinajstić information content (AvgIpc) is 2.66. The molecule has 78 valence electrons. The average molecular weight is 268 g/mol. The topological polar surface area (TPSA) is 42.1 Å². The molecule has 0 radical (unpaired) electrons. The normalized spacial score (nSPS) is 10.6. The van der Waals surface area contributed by atoms with E-state index in [9.17, 15) is 4.79 Å². The van der Waals surface area contributed by atoms with E-state index in [0.29, 0.717) is 5.56 Å². The molecule has 2 rings (SSSR count). The maximum Gasteiger partial charge on any atom is 0.340 e. The second-order valence-electron chi connectivity index (χ2n) is 3.29. The maximum atomic E-state index is 11.6. The summed E-state index contributed by atoms with van der Waals surface area (Å²) in [7, 11) is 1.39. The van der Waals surface area contributed by atoms with Crippen molar-refractivity contribution in [2.24, 2.45) is 0 Å². The Hall–Kier alpha value is -1.29. The number of benzene rings is 1. The van der Waals surface area contributed by atoms with Crippen LogP contribution in [0.15, 0.2) is 22.8 Å². The van der Waals surface area contributed by atoms with Crippen molar-refractivity contribution in [3.05, 3.63) is 33.9 Å². The summed E-state index contributed by atoms with van der Waals surface area (Å²) in [5, 5.41) is 0.993. The van der Waals surface area contributed by atoms with Gasteiger partial charge in [-0.05, 0) is 24.6 Å². The smallest absolute Gasteiger partial charge is 0.340 e. The lowest BCUT2D eigenvalue weighted by Crippen LogP contribution is -2.05. The summed E-state index contributed by atoms with van der Waals surface area (Å²) in [6, 6.07) is 3.90. The van der Waals surface area contributed by atoms with Crippen LogP contribution in [0.4, 0.5) is 0 Å². The van der Waals surface area contributed by atoms with Crippen molar-refractivity contribution >= 4 is 32.8 Å². The number of aromatic amines is 1. The molecule has 1 N–H and O–H groups in total. The highest BCUT2D eigenvalue weighted by atomic mass is 79.9. The SMILES string of the molecule is COC(=O)c1c(C)c(Br)cc2cc[nH]c12. The lowest BCUT2D eigenvalue weighted by molar-refractivity contribution is 0.0602. The van der Waals surface area contributed by atoms with E-state index >= 15 is 0 Å². The number of methoxy groups -OCH3 is 1. The number of esters is 1. The summed E-state index contributed by atoms with van der Waals surface area (Å²) in [6.07, 6.45) is 1.81. The van der Waals surface area contributed by atoms with Crippen LogP contribution in [-0.2, 0) is 4.74 Å². The van der Waals surface area contributed by atoms with Gasteiger partial charge in [0, 0.05) is 16.1 Å². The predicted molar refractivity (Wildman–Crippen MR) is 62.1 cm³/mol. The van der Waals surface area contributed by atoms with Gasteiger partial charge in [-0.15, -0.1) is 0 Å². The van der Waals surface area contributed by atoms with Gasteiger partial charge in [0.1, 0.15) is 0 Å². The zero-order chi connectivity index (χ0) is 11.0. The largest absolute Gasteiger partial charge is 0.465 e. The van der Waals surface area contributed by atoms with Crippen molar-refractivity contribution in [1.82, 2.24) is 4.98 Å². The zero-order valence-electron chi connectivity index (χ0n) is 8.43. The van der Waals surface area contributed by atoms with Crippen molar-refractivity contribution in [1.29, 1.82) is 0 Å². The fraction of sp³-hybridized carbons (Fsp3) is 0.182. The summed E-state index contributed by atoms with van der Waals surface area (Å²) in [6.45, 7) is 1.89. The fourth-order valence-electron chi connectivity index (χ4n) is 1.63. The third-order valence-corrected chi connectivity index (χ3v) is 3.26. The Bertz CT molecular complexity index is 531. The molecule has 1 aromatic carbocycles. The van der Waals surface area contributed by atoms with E-state index in [0.717, 1.165) is 20.9 Å². The van der Waals surface area contributed by atoms with Gasteiger partial charge in [0.2, 0.25) is 0 Å². The lowest BCUT2D eigenvalue weighted by atomic mass is 10.1. The Balaban J connectivity index is 2.83. The molecule has 0 aliphatic heterocycles. The van der Waals surface area contributed by atoms with E-state index in [2.05, 4.69) is 20.9 Å². The molecule has 1 aromatic heterocycles. The number of rotatable bonds is 1. The van der Waals surface area contributed by atoms with Crippen LogP contribution in [0.2, 0.25) is 0 Å². The Kier molecular flexibility index (Phi) is 2.52. The predicted octanol–water partition coefficient (Wildman–Crippen LogP) is 3.03. The highest BCUT2D eigenvalue weighted by Gasteiger charge is 2.16. The Morgan fingerprint density at radius 3 is 2.93 bits per heavy atom. The van der Waals surface area contributed by atoms with E-state index in [4.69, 9.17) is 4.74 Å². The summed E-state index contributed by atoms with van der Waals surface area (Å²) >= 11 is 3.43. The van der Waals surface area contributed by atoms with Crippen molar-refractivity contribution in [2.75, 3.05) is 7.11 Å². The van der Waals surface area contributed by atoms with Crippen LogP contribution in [0.5, 0.6) is 0 Å². The molecule has 0 aliphatic carbocycles. The molecule has 3 nitrogen and oxygen atoms in total. The molecule has 0 amide bonds. The van der Waals surface area contributed by atoms with Crippen LogP contribution in [0.3, 0.4) is 0 Å². The van der Waals surface area contributed by atoms with E-state index in [1.54, 1.807) is 0 Å². The van der Waals surface area contributed by atoms with Gasteiger partial charge in [-0.3, -0.25) is 0 Å². The van der Waals surface area contributed by atoms with Crippen molar-refractivity contribution < 1.29 is 9.53 Å². The quantitative estimate of drug-likeness (QED) is 0.808. The second-order valence-corrected chi connectivity index (χ2v) is 4.15. The molecule has 0 bridgehead atoms. The first-order chi connectivity index (χ1) is 7.15. The van der Waals surface area contributed by atoms with E-state index < -0.39 is 0 Å². The molecule has 0 aliphatic rings. The monoisotopic (exact) mass is 267 g/mol. The number of hydrogen-bond donors (Lipinski definition) is 1. The van der Waals surface area contributed by atoms with Crippen LogP contribution >= 0.6 is 15.9 Å². The Morgan fingerprint density at radius 2 is 2.27 bits per heavy atom. The third kappa shape index (κ3) is 1.55. The summed E-state index contributed by atoms with van der Waals surface area (Å²) < 4.78 is 5.68. The van der Waals surface area contributed by atoms with Crippen LogP contribution in [-0.4, -0.2) is 18.1 Å². The molecular weight excluding hydrogens is 258 g/mol. The number of nitrogens with one attached hydrogen (secondary N) is 1. The van der Waals surface area contributed by atoms with E-state index in [-0.39, 0.29) is 5.97 Å². The maximum absolute atomic E-state index is 11.6. The summed E-state index contributed by atoms with van der Waals surface area (Å²) in [5.41, 5.74) is 2.30. The molecule has 0 saturated carbocycles. The first kappa shape index (κ1) is 10.2. The van der Waals surface area contributed by atoms with Crippen LogP contribution in [0.25, 0.3) is 10.9 Å². The molecule has 0 atom stereocenters. The molecule has 2 aromatic rings. The van der Waals surface area contributed by atoms with Gasteiger partial charge in [0.05, 0.1) is 18.2 Å². The van der Waals surface area contributed by atoms with Gasteiger partial charge in [-0.1, -0.05) is 15.9 Å². The van der Waals surface area contributed by atoms with Crippen molar-refractivity contribution in [3.8, 4) is 0 Å². The van der Waals surface area contributed by atoms with Crippen LogP contribution in [0.1, 0.15) is 15.9 Å². The highest BCUT2D eigenvalue weighted by Crippen LogP contribution is 2.28. The molecule has 0 unspecified atom stereocenters. The molecule has 1 heterocycles. The van der Waals surface area contributed by atoms with Crippen LogP contribution in [0, 0.1) is 6.92 Å². The van der Waals surface area contributed by atoms with E-state index in [1.165, 1.54) is 7.11 Å². The first-order valence-electron chi connectivity index (χ1n) is 4.49. The number of hydrogen-bond acceptors (Lipinski definition) is 2. The number of H-pyrrole nitrogens is 1. The lowest BCUT2D eigenvalue weighted by Gasteiger charge is -2.07. The minimum atomic E-state index is -0.318. The number of halogens is 1. The number of carbonyl (C=O) groups is 1. The molecule has 0 saturated heterocycles. The number of fused-ring (bicyclic) bond motifs is 1. The first-order valence-corrected chi connectivity index (χ1v) is 5.29. The molecule has 0 spiro atoms.